The lowest BCUT2D eigenvalue weighted by Gasteiger charge is -2.47. The van der Waals surface area contributed by atoms with Crippen LogP contribution >= 0.6 is 0 Å². The number of Topliss-reactive ketones (excluding diaryl/α,β-unsaturated/α-hetero) is 1. The molecule has 3 rings (SSSR count). The topological polar surface area (TPSA) is 153 Å². The van der Waals surface area contributed by atoms with Crippen molar-refractivity contribution in [2.45, 2.75) is 168 Å². The summed E-state index contributed by atoms with van der Waals surface area (Å²) in [4.78, 5) is 29.7. The van der Waals surface area contributed by atoms with Gasteiger partial charge in [0, 0.05) is 43.2 Å². The Balaban J connectivity index is 2.10. The summed E-state index contributed by atoms with van der Waals surface area (Å²) >= 11 is 0. The summed E-state index contributed by atoms with van der Waals surface area (Å²) in [5.74, 6) is -3.71. The fourth-order valence-corrected chi connectivity index (χ4v) is 8.29. The molecule has 18 atom stereocenters. The molecule has 0 aromatic rings. The monoisotopic (exact) mass is 701 g/mol. The number of hydrogen-bond acceptors (Lipinski definition) is 12. The van der Waals surface area contributed by atoms with Crippen LogP contribution in [0.1, 0.15) is 94.9 Å². The quantitative estimate of drug-likeness (QED) is 0.333. The molecule has 3 aliphatic rings. The number of rotatable bonds is 7. The van der Waals surface area contributed by atoms with E-state index in [2.05, 4.69) is 0 Å². The van der Waals surface area contributed by atoms with Crippen molar-refractivity contribution in [2.24, 2.45) is 35.5 Å². The first-order chi connectivity index (χ1) is 22.8. The van der Waals surface area contributed by atoms with Crippen LogP contribution in [-0.2, 0) is 38.0 Å². The van der Waals surface area contributed by atoms with Crippen molar-refractivity contribution >= 4 is 11.8 Å². The zero-order valence-electron chi connectivity index (χ0n) is 32.2. The Kier molecular flexibility index (Phi) is 15.1. The number of ketones is 1. The summed E-state index contributed by atoms with van der Waals surface area (Å²) < 4.78 is 37.7. The Morgan fingerprint density at radius 2 is 1.49 bits per heavy atom. The number of aliphatic hydroxyl groups is 3. The van der Waals surface area contributed by atoms with Gasteiger partial charge in [0.05, 0.1) is 42.0 Å². The molecule has 3 fully saturated rings. The zero-order chi connectivity index (χ0) is 37.1. The number of likely N-dealkylation sites (N-methyl/N-ethyl adjacent to an activating group) is 1. The number of ether oxygens (including phenoxy) is 6. The van der Waals surface area contributed by atoms with Gasteiger partial charge in [-0.3, -0.25) is 9.59 Å². The molecule has 0 saturated carbocycles. The summed E-state index contributed by atoms with van der Waals surface area (Å²) in [5.41, 5.74) is -0.956. The fraction of sp³-hybridized carbons (Fsp3) is 0.946. The summed E-state index contributed by atoms with van der Waals surface area (Å²) in [6.07, 6.45) is -5.83. The predicted octanol–water partition coefficient (Wildman–Crippen LogP) is 3.56. The number of nitrogens with zero attached hydrogens (tertiary/aromatic N) is 1. The molecule has 0 aromatic heterocycles. The molecule has 0 spiro atoms. The van der Waals surface area contributed by atoms with E-state index in [1.54, 1.807) is 27.7 Å². The van der Waals surface area contributed by atoms with Crippen LogP contribution in [0.4, 0.5) is 0 Å². The van der Waals surface area contributed by atoms with Gasteiger partial charge in [-0.05, 0) is 67.0 Å². The highest BCUT2D eigenvalue weighted by molar-refractivity contribution is 5.83. The Bertz CT molecular complexity index is 1080. The summed E-state index contributed by atoms with van der Waals surface area (Å²) in [6, 6.07) is -0.204. The highest BCUT2D eigenvalue weighted by Crippen LogP contribution is 2.39. The molecule has 2 unspecified atom stereocenters. The molecule has 3 N–H and O–H groups in total. The molecular formula is C37H67NO11. The lowest BCUT2D eigenvalue weighted by Crippen LogP contribution is -2.58. The van der Waals surface area contributed by atoms with Gasteiger partial charge < -0.3 is 48.6 Å². The lowest BCUT2D eigenvalue weighted by atomic mass is 9.76. The second kappa shape index (κ2) is 17.5. The second-order valence-corrected chi connectivity index (χ2v) is 15.9. The van der Waals surface area contributed by atoms with E-state index >= 15 is 0 Å². The highest BCUT2D eigenvalue weighted by atomic mass is 16.7. The van der Waals surface area contributed by atoms with Gasteiger partial charge in [-0.2, -0.15) is 0 Å². The van der Waals surface area contributed by atoms with E-state index in [4.69, 9.17) is 28.4 Å². The van der Waals surface area contributed by atoms with E-state index in [0.717, 1.165) is 0 Å². The maximum atomic E-state index is 14.0. The van der Waals surface area contributed by atoms with Gasteiger partial charge in [0.15, 0.2) is 12.6 Å². The van der Waals surface area contributed by atoms with E-state index in [1.165, 1.54) is 7.11 Å². The molecule has 0 amide bonds. The maximum absolute atomic E-state index is 14.0. The van der Waals surface area contributed by atoms with Crippen molar-refractivity contribution in [3.63, 3.8) is 0 Å². The fourth-order valence-electron chi connectivity index (χ4n) is 8.29. The summed E-state index contributed by atoms with van der Waals surface area (Å²) in [6.45, 7) is 18.5. The van der Waals surface area contributed by atoms with E-state index in [1.807, 2.05) is 60.5 Å². The molecule has 0 aromatic carbocycles. The van der Waals surface area contributed by atoms with Crippen LogP contribution in [0.15, 0.2) is 0 Å². The van der Waals surface area contributed by atoms with Gasteiger partial charge in [-0.15, -0.1) is 0 Å². The molecule has 49 heavy (non-hydrogen) atoms. The maximum Gasteiger partial charge on any atom is 0.311 e. The number of methoxy groups -OCH3 is 1. The molecule has 3 heterocycles. The Morgan fingerprint density at radius 3 is 2.06 bits per heavy atom. The van der Waals surface area contributed by atoms with Crippen molar-refractivity contribution in [3.05, 3.63) is 0 Å². The summed E-state index contributed by atoms with van der Waals surface area (Å²) in [7, 11) is 5.36. The number of carbonyl (C=O) groups is 2. The normalized spacial score (nSPS) is 48.2. The molecule has 0 radical (unpaired) electrons. The first kappa shape index (κ1) is 42.2. The first-order valence-corrected chi connectivity index (χ1v) is 18.4. The van der Waals surface area contributed by atoms with Gasteiger partial charge in [0.2, 0.25) is 0 Å². The van der Waals surface area contributed by atoms with Gasteiger partial charge in [0.1, 0.15) is 24.1 Å². The van der Waals surface area contributed by atoms with E-state index in [9.17, 15) is 24.9 Å². The second-order valence-electron chi connectivity index (χ2n) is 15.9. The third kappa shape index (κ3) is 9.61. The first-order valence-electron chi connectivity index (χ1n) is 18.4. The third-order valence-corrected chi connectivity index (χ3v) is 11.8. The average Bonchev–Trinajstić information content (AvgIpc) is 3.05. The smallest absolute Gasteiger partial charge is 0.311 e. The van der Waals surface area contributed by atoms with Crippen LogP contribution < -0.4 is 0 Å². The standard InChI is InChI=1S/C37H67NO11/c1-14-27-21(5)30(40)22(6)29(39)18(2)15-19(3)32(49-36-31(41)26(38(11)12)16-20(4)45-36)23(7)33(24(8)35(43)47-27)48-28-17-37(10,44-13)34(42)25(9)46-28/h18-28,30-34,36,40-42H,14-17H2,1-13H3/t18-,19+,20-,21+,22+,23-,24-,25+,26+,27?,28+,30+,31-,32+,33?,34+,36+,37-/m1/s1. The minimum atomic E-state index is -1.01. The largest absolute Gasteiger partial charge is 0.462 e. The number of carbonyl (C=O) groups excluding carboxylic acids is 2. The minimum absolute atomic E-state index is 0.0748. The predicted molar refractivity (Wildman–Crippen MR) is 183 cm³/mol. The van der Waals surface area contributed by atoms with Gasteiger partial charge in [0.25, 0.3) is 0 Å². The van der Waals surface area contributed by atoms with Crippen molar-refractivity contribution in [1.82, 2.24) is 4.90 Å². The molecule has 3 saturated heterocycles. The van der Waals surface area contributed by atoms with Crippen LogP contribution in [0.2, 0.25) is 0 Å². The van der Waals surface area contributed by atoms with Gasteiger partial charge in [-0.25, -0.2) is 0 Å². The summed E-state index contributed by atoms with van der Waals surface area (Å²) in [5, 5.41) is 33.7. The number of cyclic esters (lactones) is 1. The molecular weight excluding hydrogens is 634 g/mol. The molecule has 12 heteroatoms. The average molecular weight is 702 g/mol. The lowest BCUT2D eigenvalue weighted by molar-refractivity contribution is -0.309. The van der Waals surface area contributed by atoms with Crippen LogP contribution in [0.3, 0.4) is 0 Å². The van der Waals surface area contributed by atoms with Crippen molar-refractivity contribution < 1.29 is 53.3 Å². The Labute approximate surface area is 294 Å². The minimum Gasteiger partial charge on any atom is -0.462 e. The van der Waals surface area contributed by atoms with E-state index in [-0.39, 0.29) is 30.3 Å². The van der Waals surface area contributed by atoms with Crippen molar-refractivity contribution in [1.29, 1.82) is 0 Å². The van der Waals surface area contributed by atoms with Crippen LogP contribution in [0.5, 0.6) is 0 Å². The number of esters is 1. The molecule has 0 aliphatic carbocycles. The SMILES string of the molecule is CCC1OC(=O)[C@H](C)C(O[C@H]2C[C@@](C)(OC)[C@@H](O)[C@H](C)O2)[C@H](C)[C@@H](O[C@@H]2O[C@H](C)C[C@H](N(C)C)[C@H]2O)[C@@H](C)C[C@@H](C)C(=O)[C@H](C)[C@@H](O)[C@H]1C. The van der Waals surface area contributed by atoms with E-state index in [0.29, 0.717) is 19.3 Å². The molecule has 286 valence electrons. The van der Waals surface area contributed by atoms with Crippen molar-refractivity contribution in [2.75, 3.05) is 21.2 Å². The highest BCUT2D eigenvalue weighted by Gasteiger charge is 2.49. The zero-order valence-corrected chi connectivity index (χ0v) is 32.2. The van der Waals surface area contributed by atoms with E-state index < -0.39 is 96.5 Å². The van der Waals surface area contributed by atoms with Crippen LogP contribution in [0, 0.1) is 35.5 Å². The number of aliphatic hydroxyl groups excluding tert-OH is 3. The molecule has 12 nitrogen and oxygen atoms in total. The Hall–Kier alpha value is -1.22. The Morgan fingerprint density at radius 1 is 0.857 bits per heavy atom. The third-order valence-electron chi connectivity index (χ3n) is 11.8. The van der Waals surface area contributed by atoms with Gasteiger partial charge in [-0.1, -0.05) is 41.5 Å². The molecule has 0 bridgehead atoms. The molecule has 3 aliphatic heterocycles. The van der Waals surface area contributed by atoms with Crippen LogP contribution in [-0.4, -0.2) is 126 Å². The number of hydrogen-bond donors (Lipinski definition) is 3. The van der Waals surface area contributed by atoms with Gasteiger partial charge >= 0.3 is 5.97 Å². The van der Waals surface area contributed by atoms with Crippen LogP contribution in [0.25, 0.3) is 0 Å². The van der Waals surface area contributed by atoms with Crippen molar-refractivity contribution in [3.8, 4) is 0 Å².